The number of ether oxygens (including phenoxy) is 1. The number of nitrogens with zero attached hydrogens (tertiary/aromatic N) is 1. The summed E-state index contributed by atoms with van der Waals surface area (Å²) < 4.78 is 21.5. The maximum atomic E-state index is 6.87. The lowest BCUT2D eigenvalue weighted by molar-refractivity contribution is -0.659. The van der Waals surface area contributed by atoms with E-state index in [-0.39, 0.29) is 5.41 Å². The van der Waals surface area contributed by atoms with Crippen LogP contribution >= 0.6 is 0 Å². The maximum absolute atomic E-state index is 6.87. The standard InChI is InChI=1S/C30H26NO3/c1-16-24-26-25-19(10-12-31(26)5)28-20(17-8-6-7-9-22(17)33-28)14-23(25)34-29(24)21(15-30(2,3)4)18-11-13-32-27(16)18/h6-14H,15H2,1-5H3/q+1. The molecule has 0 fully saturated rings. The summed E-state index contributed by atoms with van der Waals surface area (Å²) in [5.74, 6) is 1.83. The Labute approximate surface area is 197 Å². The fraction of sp³-hybridized carbons (Fsp3) is 0.233. The topological polar surface area (TPSA) is 39.4 Å². The second-order valence-electron chi connectivity index (χ2n) is 10.7. The van der Waals surface area contributed by atoms with Crippen LogP contribution < -0.4 is 9.30 Å². The molecule has 0 N–H and O–H groups in total. The van der Waals surface area contributed by atoms with Gasteiger partial charge >= 0.3 is 0 Å². The molecule has 0 radical (unpaired) electrons. The Bertz CT molecular complexity index is 1810. The van der Waals surface area contributed by atoms with E-state index in [1.165, 1.54) is 5.56 Å². The van der Waals surface area contributed by atoms with Gasteiger partial charge in [-0.3, -0.25) is 0 Å². The Kier molecular flexibility index (Phi) is 3.71. The average molecular weight is 449 g/mol. The zero-order chi connectivity index (χ0) is 23.4. The fourth-order valence-corrected chi connectivity index (χ4v) is 5.69. The first kappa shape index (κ1) is 19.7. The van der Waals surface area contributed by atoms with Gasteiger partial charge in [-0.2, -0.15) is 0 Å². The minimum Gasteiger partial charge on any atom is -0.464 e. The van der Waals surface area contributed by atoms with E-state index in [9.17, 15) is 0 Å². The minimum absolute atomic E-state index is 0.0930. The van der Waals surface area contributed by atoms with Crippen LogP contribution in [0.15, 0.2) is 63.8 Å². The van der Waals surface area contributed by atoms with Crippen LogP contribution in [-0.2, 0) is 13.5 Å². The van der Waals surface area contributed by atoms with Crippen LogP contribution in [0.25, 0.3) is 54.9 Å². The van der Waals surface area contributed by atoms with E-state index in [0.29, 0.717) is 0 Å². The predicted octanol–water partition coefficient (Wildman–Crippen LogP) is 7.98. The Morgan fingerprint density at radius 3 is 2.56 bits per heavy atom. The molecular weight excluding hydrogens is 422 g/mol. The molecule has 3 aromatic carbocycles. The van der Waals surface area contributed by atoms with Crippen molar-refractivity contribution in [2.24, 2.45) is 12.5 Å². The van der Waals surface area contributed by atoms with Crippen molar-refractivity contribution in [1.29, 1.82) is 0 Å². The Morgan fingerprint density at radius 1 is 0.912 bits per heavy atom. The summed E-state index contributed by atoms with van der Waals surface area (Å²) in [7, 11) is 2.10. The lowest BCUT2D eigenvalue weighted by Gasteiger charge is -2.26. The van der Waals surface area contributed by atoms with Crippen molar-refractivity contribution in [3.8, 4) is 22.8 Å². The summed E-state index contributed by atoms with van der Waals surface area (Å²) >= 11 is 0. The van der Waals surface area contributed by atoms with Crippen molar-refractivity contribution in [1.82, 2.24) is 0 Å². The number of pyridine rings is 1. The monoisotopic (exact) mass is 448 g/mol. The molecule has 1 aliphatic heterocycles. The van der Waals surface area contributed by atoms with Crippen LogP contribution in [0.3, 0.4) is 0 Å². The first-order valence-corrected chi connectivity index (χ1v) is 11.8. The molecule has 7 rings (SSSR count). The molecule has 1 aliphatic rings. The highest BCUT2D eigenvalue weighted by Crippen LogP contribution is 2.53. The molecule has 0 unspecified atom stereocenters. The molecule has 0 saturated heterocycles. The van der Waals surface area contributed by atoms with Gasteiger partial charge in [0.05, 0.1) is 11.8 Å². The number of hydrogen-bond donors (Lipinski definition) is 0. The smallest absolute Gasteiger partial charge is 0.228 e. The zero-order valence-electron chi connectivity index (χ0n) is 20.1. The quantitative estimate of drug-likeness (QED) is 0.239. The van der Waals surface area contributed by atoms with Crippen molar-refractivity contribution in [3.63, 3.8) is 0 Å². The summed E-state index contributed by atoms with van der Waals surface area (Å²) in [6.07, 6.45) is 4.80. The van der Waals surface area contributed by atoms with Gasteiger partial charge < -0.3 is 13.6 Å². The van der Waals surface area contributed by atoms with Gasteiger partial charge in [0.15, 0.2) is 6.20 Å². The van der Waals surface area contributed by atoms with Gasteiger partial charge in [0.2, 0.25) is 5.69 Å². The normalized spacial score (nSPS) is 13.2. The molecule has 4 heteroatoms. The highest BCUT2D eigenvalue weighted by molar-refractivity contribution is 6.20. The summed E-state index contributed by atoms with van der Waals surface area (Å²) in [5.41, 5.74) is 7.38. The molecule has 0 bridgehead atoms. The van der Waals surface area contributed by atoms with Gasteiger partial charge in [-0.15, -0.1) is 0 Å². The molecule has 0 atom stereocenters. The van der Waals surface area contributed by atoms with Crippen LogP contribution in [0.1, 0.15) is 31.9 Å². The molecule has 168 valence electrons. The Morgan fingerprint density at radius 2 is 1.74 bits per heavy atom. The molecular formula is C30H26NO3+. The van der Waals surface area contributed by atoms with E-state index < -0.39 is 0 Å². The number of fused-ring (bicyclic) bond motifs is 7. The molecule has 34 heavy (non-hydrogen) atoms. The van der Waals surface area contributed by atoms with E-state index in [4.69, 9.17) is 13.6 Å². The second kappa shape index (κ2) is 6.41. The van der Waals surface area contributed by atoms with Crippen LogP contribution in [0.2, 0.25) is 0 Å². The summed E-state index contributed by atoms with van der Waals surface area (Å²) in [6, 6.07) is 14.6. The minimum atomic E-state index is 0.0930. The first-order chi connectivity index (χ1) is 16.3. The van der Waals surface area contributed by atoms with Gasteiger partial charge in [0.25, 0.3) is 0 Å². The van der Waals surface area contributed by atoms with Gasteiger partial charge in [-0.1, -0.05) is 39.0 Å². The van der Waals surface area contributed by atoms with E-state index in [0.717, 1.165) is 78.4 Å². The Balaban J connectivity index is 1.67. The van der Waals surface area contributed by atoms with Crippen molar-refractivity contribution in [2.45, 2.75) is 34.1 Å². The van der Waals surface area contributed by atoms with E-state index in [1.807, 2.05) is 12.1 Å². The maximum Gasteiger partial charge on any atom is 0.228 e. The van der Waals surface area contributed by atoms with E-state index >= 15 is 0 Å². The third-order valence-corrected chi connectivity index (χ3v) is 7.09. The molecule has 0 amide bonds. The number of benzene rings is 3. The number of furan rings is 2. The molecule has 3 aromatic heterocycles. The Hall–Kier alpha value is -3.79. The summed E-state index contributed by atoms with van der Waals surface area (Å²) in [5, 5.41) is 5.48. The van der Waals surface area contributed by atoms with Gasteiger partial charge in [0.1, 0.15) is 40.7 Å². The lowest BCUT2D eigenvalue weighted by atomic mass is 9.83. The van der Waals surface area contributed by atoms with Gasteiger partial charge in [0, 0.05) is 38.7 Å². The van der Waals surface area contributed by atoms with Gasteiger partial charge in [-0.25, -0.2) is 4.57 Å². The lowest BCUT2D eigenvalue weighted by Crippen LogP contribution is -2.32. The highest BCUT2D eigenvalue weighted by Gasteiger charge is 2.35. The van der Waals surface area contributed by atoms with Crippen LogP contribution in [0.5, 0.6) is 11.5 Å². The SMILES string of the molecule is Cc1c2c(c(CC(C)(C)C)c3ccoc13)Oc1cc3c4ccccc4oc3c3cc[n+](C)c-2c13. The van der Waals surface area contributed by atoms with E-state index in [2.05, 4.69) is 75.8 Å². The molecule has 4 heterocycles. The number of aryl methyl sites for hydroxylation is 2. The fourth-order valence-electron chi connectivity index (χ4n) is 5.69. The summed E-state index contributed by atoms with van der Waals surface area (Å²) in [4.78, 5) is 0. The predicted molar refractivity (Wildman–Crippen MR) is 136 cm³/mol. The van der Waals surface area contributed by atoms with Crippen LogP contribution in [0, 0.1) is 12.3 Å². The third-order valence-electron chi connectivity index (χ3n) is 7.09. The largest absolute Gasteiger partial charge is 0.464 e. The molecule has 0 aliphatic carbocycles. The zero-order valence-corrected chi connectivity index (χ0v) is 20.1. The number of aromatic nitrogens is 1. The summed E-state index contributed by atoms with van der Waals surface area (Å²) in [6.45, 7) is 8.94. The molecule has 6 aromatic rings. The van der Waals surface area contributed by atoms with Crippen molar-refractivity contribution in [3.05, 3.63) is 66.1 Å². The van der Waals surface area contributed by atoms with Crippen LogP contribution in [-0.4, -0.2) is 0 Å². The number of para-hydroxylation sites is 1. The second-order valence-corrected chi connectivity index (χ2v) is 10.7. The van der Waals surface area contributed by atoms with E-state index in [1.54, 1.807) is 6.26 Å². The highest BCUT2D eigenvalue weighted by atomic mass is 16.5. The van der Waals surface area contributed by atoms with Crippen molar-refractivity contribution < 1.29 is 18.1 Å². The van der Waals surface area contributed by atoms with Crippen molar-refractivity contribution >= 4 is 43.7 Å². The van der Waals surface area contributed by atoms with Crippen LogP contribution in [0.4, 0.5) is 0 Å². The third kappa shape index (κ3) is 2.51. The average Bonchev–Trinajstić information content (AvgIpc) is 3.43. The molecule has 0 spiro atoms. The first-order valence-electron chi connectivity index (χ1n) is 11.8. The molecule has 4 nitrogen and oxygen atoms in total. The number of rotatable bonds is 1. The van der Waals surface area contributed by atoms with Crippen molar-refractivity contribution in [2.75, 3.05) is 0 Å². The number of hydrogen-bond acceptors (Lipinski definition) is 3. The molecule has 0 saturated carbocycles. The van der Waals surface area contributed by atoms with Gasteiger partial charge in [-0.05, 0) is 37.0 Å².